The Kier molecular flexibility index (Phi) is 10.2. The number of benzene rings is 2. The summed E-state index contributed by atoms with van der Waals surface area (Å²) < 4.78 is 16.2. The molecule has 0 unspecified atom stereocenters. The summed E-state index contributed by atoms with van der Waals surface area (Å²) in [4.78, 5) is 42.1. The predicted molar refractivity (Wildman–Crippen MR) is 157 cm³/mol. The number of anilines is 2. The zero-order chi connectivity index (χ0) is 30.3. The van der Waals surface area contributed by atoms with E-state index in [0.717, 1.165) is 5.56 Å². The van der Waals surface area contributed by atoms with E-state index in [4.69, 9.17) is 14.0 Å². The van der Waals surface area contributed by atoms with Crippen LogP contribution in [-0.4, -0.2) is 42.6 Å². The number of nitrogens with one attached hydrogen (secondary N) is 2. The molecule has 2 N–H and O–H groups in total. The van der Waals surface area contributed by atoms with E-state index in [1.807, 2.05) is 45.0 Å². The number of hydrogen-bond acceptors (Lipinski definition) is 7. The molecule has 3 rings (SSSR count). The molecule has 0 aliphatic rings. The fraction of sp³-hybridized carbons (Fsp3) is 0.419. The lowest BCUT2D eigenvalue weighted by molar-refractivity contribution is -0.128. The number of hydrogen-bond donors (Lipinski definition) is 2. The van der Waals surface area contributed by atoms with Crippen LogP contribution in [0.3, 0.4) is 0 Å². The van der Waals surface area contributed by atoms with Gasteiger partial charge in [0.05, 0.1) is 14.2 Å². The quantitative estimate of drug-likeness (QED) is 0.314. The maximum absolute atomic E-state index is 14.0. The van der Waals surface area contributed by atoms with Crippen LogP contribution < -0.4 is 25.0 Å². The maximum atomic E-state index is 14.0. The Balaban J connectivity index is 2.08. The molecule has 2 aromatic carbocycles. The van der Waals surface area contributed by atoms with Crippen molar-refractivity contribution in [3.8, 4) is 11.5 Å². The number of nitrogens with zero attached hydrogens (tertiary/aromatic N) is 2. The van der Waals surface area contributed by atoms with E-state index in [1.165, 1.54) is 19.1 Å². The summed E-state index contributed by atoms with van der Waals surface area (Å²) in [7, 11) is 2.99. The molecule has 1 heterocycles. The lowest BCUT2D eigenvalue weighted by Gasteiger charge is -2.34. The van der Waals surface area contributed by atoms with Crippen molar-refractivity contribution in [3.05, 3.63) is 65.4 Å². The average molecular weight is 565 g/mol. The highest BCUT2D eigenvalue weighted by Crippen LogP contribution is 2.39. The first-order valence-electron chi connectivity index (χ1n) is 13.5. The largest absolute Gasteiger partial charge is 0.493 e. The third-order valence-electron chi connectivity index (χ3n) is 6.30. The Hall–Kier alpha value is -4.34. The average Bonchev–Trinajstić information content (AvgIpc) is 3.32. The van der Waals surface area contributed by atoms with Crippen LogP contribution in [0.1, 0.15) is 76.3 Å². The molecule has 0 fully saturated rings. The predicted octanol–water partition coefficient (Wildman–Crippen LogP) is 5.53. The van der Waals surface area contributed by atoms with E-state index in [1.54, 1.807) is 31.2 Å². The number of para-hydroxylation sites is 1. The van der Waals surface area contributed by atoms with Crippen LogP contribution in [0.5, 0.6) is 11.5 Å². The molecule has 0 aliphatic heterocycles. The van der Waals surface area contributed by atoms with Crippen molar-refractivity contribution in [2.45, 2.75) is 71.9 Å². The van der Waals surface area contributed by atoms with Gasteiger partial charge in [-0.2, -0.15) is 0 Å². The number of aryl methyl sites for hydroxylation is 1. The Morgan fingerprint density at radius 2 is 1.68 bits per heavy atom. The first-order valence-corrected chi connectivity index (χ1v) is 13.5. The van der Waals surface area contributed by atoms with Crippen molar-refractivity contribution >= 4 is 29.2 Å². The van der Waals surface area contributed by atoms with Gasteiger partial charge in [0.1, 0.15) is 11.8 Å². The van der Waals surface area contributed by atoms with Gasteiger partial charge in [0, 0.05) is 35.7 Å². The first kappa shape index (κ1) is 31.2. The number of amides is 3. The summed E-state index contributed by atoms with van der Waals surface area (Å²) in [6.45, 7) is 11.5. The van der Waals surface area contributed by atoms with Gasteiger partial charge < -0.3 is 24.6 Å². The minimum absolute atomic E-state index is 0.131. The molecular weight excluding hydrogens is 524 g/mol. The van der Waals surface area contributed by atoms with Crippen LogP contribution in [0.25, 0.3) is 0 Å². The van der Waals surface area contributed by atoms with Gasteiger partial charge in [-0.05, 0) is 57.4 Å². The molecule has 220 valence electrons. The van der Waals surface area contributed by atoms with Crippen molar-refractivity contribution in [1.82, 2.24) is 10.5 Å². The van der Waals surface area contributed by atoms with Gasteiger partial charge >= 0.3 is 0 Å². The lowest BCUT2D eigenvalue weighted by Crippen LogP contribution is -2.49. The highest BCUT2D eigenvalue weighted by atomic mass is 16.5. The van der Waals surface area contributed by atoms with E-state index in [9.17, 15) is 14.4 Å². The third-order valence-corrected chi connectivity index (χ3v) is 6.30. The summed E-state index contributed by atoms with van der Waals surface area (Å²) >= 11 is 0. The number of rotatable bonds is 11. The Labute approximate surface area is 241 Å². The number of ether oxygens (including phenoxy) is 2. The van der Waals surface area contributed by atoms with Crippen molar-refractivity contribution < 1.29 is 28.4 Å². The molecule has 10 heteroatoms. The monoisotopic (exact) mass is 564 g/mol. The van der Waals surface area contributed by atoms with Crippen LogP contribution in [0.2, 0.25) is 0 Å². The second-order valence-corrected chi connectivity index (χ2v) is 11.1. The van der Waals surface area contributed by atoms with Crippen LogP contribution in [0.15, 0.2) is 53.1 Å². The van der Waals surface area contributed by atoms with Gasteiger partial charge in [0.2, 0.25) is 17.7 Å². The molecule has 1 atom stereocenters. The van der Waals surface area contributed by atoms with Crippen molar-refractivity contribution in [3.63, 3.8) is 0 Å². The first-order chi connectivity index (χ1) is 19.3. The van der Waals surface area contributed by atoms with Gasteiger partial charge in [-0.25, -0.2) is 0 Å². The second kappa shape index (κ2) is 13.3. The maximum Gasteiger partial charge on any atom is 0.248 e. The normalized spacial score (nSPS) is 12.0. The molecule has 3 amide bonds. The van der Waals surface area contributed by atoms with Gasteiger partial charge in [-0.15, -0.1) is 0 Å². The molecule has 1 aromatic heterocycles. The number of carbonyl (C=O) groups is 3. The molecule has 3 aromatic rings. The van der Waals surface area contributed by atoms with E-state index in [2.05, 4.69) is 29.6 Å². The molecule has 0 saturated carbocycles. The van der Waals surface area contributed by atoms with E-state index < -0.39 is 29.3 Å². The fourth-order valence-corrected chi connectivity index (χ4v) is 4.39. The van der Waals surface area contributed by atoms with E-state index >= 15 is 0 Å². The Bertz CT molecular complexity index is 1360. The van der Waals surface area contributed by atoms with Crippen molar-refractivity contribution in [2.75, 3.05) is 24.4 Å². The summed E-state index contributed by atoms with van der Waals surface area (Å²) in [5, 5.41) is 9.42. The van der Waals surface area contributed by atoms with E-state index in [-0.39, 0.29) is 24.6 Å². The van der Waals surface area contributed by atoms with Gasteiger partial charge in [0.25, 0.3) is 0 Å². The van der Waals surface area contributed by atoms with E-state index in [0.29, 0.717) is 28.5 Å². The number of methoxy groups -OCH3 is 2. The summed E-state index contributed by atoms with van der Waals surface area (Å²) in [6.07, 6.45) is -0.297. The highest BCUT2D eigenvalue weighted by molar-refractivity contribution is 6.03. The minimum Gasteiger partial charge on any atom is -0.493 e. The molecule has 0 radical (unpaired) electrons. The summed E-state index contributed by atoms with van der Waals surface area (Å²) in [6, 6.07) is 13.2. The highest BCUT2D eigenvalue weighted by Gasteiger charge is 2.37. The minimum atomic E-state index is -1.13. The van der Waals surface area contributed by atoms with Crippen molar-refractivity contribution in [2.24, 2.45) is 0 Å². The standard InChI is InChI=1S/C31H40N4O6/c1-19(2)21-12-14-22(15-13-21)35(27(37)17-16-26(36)32-25-18-20(3)41-34-25)28(30(38)33-31(4,5)6)23-10-9-11-24(39-7)29(23)40-8/h9-15,18-19,28H,16-17H2,1-8H3,(H,33,38)(H,32,34,36)/t28-/m1/s1. The van der Waals surface area contributed by atoms with Crippen LogP contribution in [-0.2, 0) is 14.4 Å². The molecule has 10 nitrogen and oxygen atoms in total. The van der Waals surface area contributed by atoms with Crippen LogP contribution in [0.4, 0.5) is 11.5 Å². The zero-order valence-corrected chi connectivity index (χ0v) is 25.0. The topological polar surface area (TPSA) is 123 Å². The summed E-state index contributed by atoms with van der Waals surface area (Å²) in [5.74, 6) is 0.604. The molecule has 0 saturated heterocycles. The van der Waals surface area contributed by atoms with Gasteiger partial charge in [-0.1, -0.05) is 43.3 Å². The Morgan fingerprint density at radius 3 is 2.22 bits per heavy atom. The lowest BCUT2D eigenvalue weighted by atomic mass is 9.98. The molecule has 0 aliphatic carbocycles. The SMILES string of the molecule is COc1cccc([C@H](C(=O)NC(C)(C)C)N(C(=O)CCC(=O)Nc2cc(C)on2)c2ccc(C(C)C)cc2)c1OC. The molecule has 0 spiro atoms. The molecular formula is C31H40N4O6. The van der Waals surface area contributed by atoms with Crippen LogP contribution in [0, 0.1) is 6.92 Å². The third kappa shape index (κ3) is 8.09. The fourth-order valence-electron chi connectivity index (χ4n) is 4.39. The zero-order valence-electron chi connectivity index (χ0n) is 25.0. The molecule has 0 bridgehead atoms. The summed E-state index contributed by atoms with van der Waals surface area (Å²) in [5.41, 5.74) is 1.44. The Morgan fingerprint density at radius 1 is 1.00 bits per heavy atom. The number of carbonyl (C=O) groups excluding carboxylic acids is 3. The van der Waals surface area contributed by atoms with Gasteiger partial charge in [-0.3, -0.25) is 19.3 Å². The van der Waals surface area contributed by atoms with Crippen molar-refractivity contribution in [1.29, 1.82) is 0 Å². The second-order valence-electron chi connectivity index (χ2n) is 11.1. The smallest absolute Gasteiger partial charge is 0.248 e. The van der Waals surface area contributed by atoms with Gasteiger partial charge in [0.15, 0.2) is 17.3 Å². The van der Waals surface area contributed by atoms with Crippen LogP contribution >= 0.6 is 0 Å². The number of aromatic nitrogens is 1. The molecule has 41 heavy (non-hydrogen) atoms.